The molecule has 2 atom stereocenters. The standard InChI is InChI=1S/C15H20ClN3O4/c1-10-8-17(9-11(2)20)3-4-18(10)15(21)12-5-13(16)7-14(6-12)19(22)23/h5-7,10-11,20H,3-4,8-9H2,1-2H3/t10-,11-/m1/s1. The van der Waals surface area contributed by atoms with Gasteiger partial charge in [-0.15, -0.1) is 0 Å². The number of nitrogens with zero attached hydrogens (tertiary/aromatic N) is 3. The summed E-state index contributed by atoms with van der Waals surface area (Å²) in [6, 6.07) is 3.88. The number of nitro groups is 1. The first-order valence-electron chi connectivity index (χ1n) is 7.44. The van der Waals surface area contributed by atoms with Gasteiger partial charge in [0, 0.05) is 54.9 Å². The van der Waals surface area contributed by atoms with E-state index in [0.29, 0.717) is 26.2 Å². The largest absolute Gasteiger partial charge is 0.392 e. The molecule has 1 amide bonds. The van der Waals surface area contributed by atoms with Crippen LogP contribution in [-0.4, -0.2) is 64.1 Å². The number of aliphatic hydroxyl groups excluding tert-OH is 1. The van der Waals surface area contributed by atoms with Crippen molar-refractivity contribution in [1.29, 1.82) is 0 Å². The number of non-ortho nitro benzene ring substituents is 1. The number of rotatable bonds is 4. The van der Waals surface area contributed by atoms with Crippen LogP contribution in [0.1, 0.15) is 24.2 Å². The van der Waals surface area contributed by atoms with Crippen LogP contribution < -0.4 is 0 Å². The SMILES string of the molecule is C[C@@H]1CN(C[C@@H](C)O)CCN1C(=O)c1cc(Cl)cc([N+](=O)[O-])c1. The number of hydrogen-bond donors (Lipinski definition) is 1. The predicted octanol–water partition coefficient (Wildman–Crippen LogP) is 1.78. The molecular formula is C15H20ClN3O4. The van der Waals surface area contributed by atoms with Crippen LogP contribution in [0.2, 0.25) is 5.02 Å². The lowest BCUT2D eigenvalue weighted by Crippen LogP contribution is -2.55. The first-order valence-corrected chi connectivity index (χ1v) is 7.82. The van der Waals surface area contributed by atoms with E-state index in [-0.39, 0.29) is 28.2 Å². The lowest BCUT2D eigenvalue weighted by molar-refractivity contribution is -0.384. The molecule has 126 valence electrons. The minimum absolute atomic E-state index is 0.0481. The van der Waals surface area contributed by atoms with E-state index < -0.39 is 11.0 Å². The molecule has 0 bridgehead atoms. The third-order valence-corrected chi connectivity index (χ3v) is 4.05. The van der Waals surface area contributed by atoms with Crippen LogP contribution in [0.4, 0.5) is 5.69 Å². The van der Waals surface area contributed by atoms with Gasteiger partial charge < -0.3 is 10.0 Å². The van der Waals surface area contributed by atoms with Crippen molar-refractivity contribution in [2.75, 3.05) is 26.2 Å². The average Bonchev–Trinajstić information content (AvgIpc) is 2.45. The van der Waals surface area contributed by atoms with E-state index in [4.69, 9.17) is 11.6 Å². The Hall–Kier alpha value is -1.70. The highest BCUT2D eigenvalue weighted by Crippen LogP contribution is 2.23. The molecule has 0 aliphatic carbocycles. The van der Waals surface area contributed by atoms with E-state index in [1.807, 2.05) is 6.92 Å². The van der Waals surface area contributed by atoms with Crippen molar-refractivity contribution in [3.05, 3.63) is 38.9 Å². The van der Waals surface area contributed by atoms with Gasteiger partial charge in [0.05, 0.1) is 11.0 Å². The fraction of sp³-hybridized carbons (Fsp3) is 0.533. The smallest absolute Gasteiger partial charge is 0.271 e. The number of carbonyl (C=O) groups is 1. The van der Waals surface area contributed by atoms with Crippen molar-refractivity contribution in [3.8, 4) is 0 Å². The van der Waals surface area contributed by atoms with Gasteiger partial charge in [0.25, 0.3) is 11.6 Å². The molecule has 23 heavy (non-hydrogen) atoms. The number of β-amino-alcohol motifs (C(OH)–C–C–N with tert-alkyl or cyclic N) is 1. The molecule has 1 heterocycles. The van der Waals surface area contributed by atoms with Crippen molar-refractivity contribution in [3.63, 3.8) is 0 Å². The molecule has 1 aliphatic rings. The van der Waals surface area contributed by atoms with Gasteiger partial charge in [0.15, 0.2) is 0 Å². The highest BCUT2D eigenvalue weighted by Gasteiger charge is 2.29. The molecule has 1 N–H and O–H groups in total. The van der Waals surface area contributed by atoms with Crippen molar-refractivity contribution in [2.24, 2.45) is 0 Å². The number of carbonyl (C=O) groups excluding carboxylic acids is 1. The summed E-state index contributed by atoms with van der Waals surface area (Å²) in [6.07, 6.45) is -0.417. The summed E-state index contributed by atoms with van der Waals surface area (Å²) in [5, 5.41) is 20.5. The minimum Gasteiger partial charge on any atom is -0.392 e. The monoisotopic (exact) mass is 341 g/mol. The number of halogens is 1. The molecule has 7 nitrogen and oxygen atoms in total. The second-order valence-corrected chi connectivity index (χ2v) is 6.35. The predicted molar refractivity (Wildman–Crippen MR) is 86.7 cm³/mol. The van der Waals surface area contributed by atoms with Gasteiger partial charge in [-0.05, 0) is 19.9 Å². The van der Waals surface area contributed by atoms with Crippen LogP contribution >= 0.6 is 11.6 Å². The van der Waals surface area contributed by atoms with Crippen LogP contribution in [-0.2, 0) is 0 Å². The third kappa shape index (κ3) is 4.40. The first kappa shape index (κ1) is 17.7. The van der Waals surface area contributed by atoms with Gasteiger partial charge in [-0.25, -0.2) is 0 Å². The third-order valence-electron chi connectivity index (χ3n) is 3.84. The number of piperazine rings is 1. The zero-order valence-corrected chi connectivity index (χ0v) is 13.9. The summed E-state index contributed by atoms with van der Waals surface area (Å²) in [5.41, 5.74) is 0.0290. The normalized spacial score (nSPS) is 20.3. The second kappa shape index (κ2) is 7.25. The maximum absolute atomic E-state index is 12.6. The van der Waals surface area contributed by atoms with Gasteiger partial charge in [-0.3, -0.25) is 19.8 Å². The first-order chi connectivity index (χ1) is 10.8. The molecule has 1 saturated heterocycles. The Morgan fingerprint density at radius 3 is 2.74 bits per heavy atom. The van der Waals surface area contributed by atoms with Crippen molar-refractivity contribution < 1.29 is 14.8 Å². The molecular weight excluding hydrogens is 322 g/mol. The highest BCUT2D eigenvalue weighted by atomic mass is 35.5. The summed E-state index contributed by atoms with van der Waals surface area (Å²) < 4.78 is 0. The van der Waals surface area contributed by atoms with E-state index >= 15 is 0 Å². The zero-order valence-electron chi connectivity index (χ0n) is 13.1. The van der Waals surface area contributed by atoms with E-state index in [0.717, 1.165) is 0 Å². The summed E-state index contributed by atoms with van der Waals surface area (Å²) in [7, 11) is 0. The highest BCUT2D eigenvalue weighted by molar-refractivity contribution is 6.31. The Labute approximate surface area is 139 Å². The number of benzene rings is 1. The lowest BCUT2D eigenvalue weighted by atomic mass is 10.1. The molecule has 1 aromatic carbocycles. The summed E-state index contributed by atoms with van der Waals surface area (Å²) >= 11 is 5.88. The number of nitro benzene ring substituents is 1. The van der Waals surface area contributed by atoms with E-state index in [1.165, 1.54) is 18.2 Å². The minimum atomic E-state index is -0.563. The van der Waals surface area contributed by atoms with Crippen molar-refractivity contribution in [2.45, 2.75) is 26.0 Å². The van der Waals surface area contributed by atoms with Crippen LogP contribution in [0.25, 0.3) is 0 Å². The molecule has 1 fully saturated rings. The molecule has 1 aliphatic heterocycles. The second-order valence-electron chi connectivity index (χ2n) is 5.91. The van der Waals surface area contributed by atoms with Crippen molar-refractivity contribution in [1.82, 2.24) is 9.80 Å². The van der Waals surface area contributed by atoms with Gasteiger partial charge in [-0.1, -0.05) is 11.6 Å². The van der Waals surface area contributed by atoms with Crippen molar-refractivity contribution >= 4 is 23.2 Å². The number of aliphatic hydroxyl groups is 1. The summed E-state index contributed by atoms with van der Waals surface area (Å²) in [6.45, 7) is 6.03. The maximum atomic E-state index is 12.6. The Morgan fingerprint density at radius 2 is 2.17 bits per heavy atom. The summed E-state index contributed by atoms with van der Waals surface area (Å²) in [4.78, 5) is 26.8. The quantitative estimate of drug-likeness (QED) is 0.666. The molecule has 8 heteroatoms. The maximum Gasteiger partial charge on any atom is 0.271 e. The molecule has 0 radical (unpaired) electrons. The van der Waals surface area contributed by atoms with Gasteiger partial charge >= 0.3 is 0 Å². The van der Waals surface area contributed by atoms with Gasteiger partial charge in [-0.2, -0.15) is 0 Å². The Morgan fingerprint density at radius 1 is 1.48 bits per heavy atom. The Kier molecular flexibility index (Phi) is 5.56. The van der Waals surface area contributed by atoms with E-state index in [2.05, 4.69) is 4.90 Å². The number of amides is 1. The molecule has 2 rings (SSSR count). The average molecular weight is 342 g/mol. The lowest BCUT2D eigenvalue weighted by Gasteiger charge is -2.40. The van der Waals surface area contributed by atoms with Crippen LogP contribution in [0.5, 0.6) is 0 Å². The number of hydrogen-bond acceptors (Lipinski definition) is 5. The fourth-order valence-electron chi connectivity index (χ4n) is 2.84. The molecule has 0 unspecified atom stereocenters. The molecule has 0 spiro atoms. The fourth-order valence-corrected chi connectivity index (χ4v) is 3.07. The molecule has 0 aromatic heterocycles. The van der Waals surface area contributed by atoms with E-state index in [1.54, 1.807) is 11.8 Å². The summed E-state index contributed by atoms with van der Waals surface area (Å²) in [5.74, 6) is -0.264. The van der Waals surface area contributed by atoms with Crippen LogP contribution in [0, 0.1) is 10.1 Å². The van der Waals surface area contributed by atoms with Gasteiger partial charge in [0.1, 0.15) is 0 Å². The molecule has 1 aromatic rings. The van der Waals surface area contributed by atoms with Crippen LogP contribution in [0.15, 0.2) is 18.2 Å². The van der Waals surface area contributed by atoms with E-state index in [9.17, 15) is 20.0 Å². The zero-order chi connectivity index (χ0) is 17.1. The molecule has 0 saturated carbocycles. The Bertz CT molecular complexity index is 608. The Balaban J connectivity index is 2.14. The topological polar surface area (TPSA) is 86.9 Å². The van der Waals surface area contributed by atoms with Crippen LogP contribution in [0.3, 0.4) is 0 Å². The van der Waals surface area contributed by atoms with Gasteiger partial charge in [0.2, 0.25) is 0 Å².